The topological polar surface area (TPSA) is 89.6 Å². The summed E-state index contributed by atoms with van der Waals surface area (Å²) >= 11 is 0. The minimum atomic E-state index is -3.15. The zero-order valence-electron chi connectivity index (χ0n) is 15.9. The molecule has 1 aromatic carbocycles. The second kappa shape index (κ2) is 7.47. The first-order valence-corrected chi connectivity index (χ1v) is 9.32. The number of aliphatic imine (C=N–C) groups is 1. The van der Waals surface area contributed by atoms with E-state index < -0.39 is 66.6 Å². The summed E-state index contributed by atoms with van der Waals surface area (Å²) in [5, 5.41) is 2.44. The number of nitrogens with two attached hydrogens (primary N) is 1. The van der Waals surface area contributed by atoms with Crippen molar-refractivity contribution >= 4 is 17.6 Å². The third-order valence-corrected chi connectivity index (χ3v) is 5.52. The normalized spacial score (nSPS) is 26.5. The van der Waals surface area contributed by atoms with E-state index in [-0.39, 0.29) is 16.9 Å². The molecule has 1 aromatic heterocycles. The Morgan fingerprint density at radius 1 is 1.23 bits per heavy atom. The van der Waals surface area contributed by atoms with Gasteiger partial charge in [-0.3, -0.25) is 4.79 Å². The van der Waals surface area contributed by atoms with E-state index in [2.05, 4.69) is 15.3 Å². The van der Waals surface area contributed by atoms with Crippen molar-refractivity contribution in [2.75, 3.05) is 12.0 Å². The minimum absolute atomic E-state index is 0.0434. The number of hydrogen-bond donors (Lipinski definition) is 2. The molecule has 1 amide bonds. The minimum Gasteiger partial charge on any atom is -0.461 e. The lowest BCUT2D eigenvalue weighted by Gasteiger charge is -2.40. The van der Waals surface area contributed by atoms with Crippen molar-refractivity contribution in [2.24, 2.45) is 16.6 Å². The Kier molecular flexibility index (Phi) is 5.06. The molecule has 2 heterocycles. The molecule has 1 saturated carbocycles. The van der Waals surface area contributed by atoms with Crippen molar-refractivity contribution in [3.8, 4) is 0 Å². The fraction of sp³-hybridized carbons (Fsp3) is 0.350. The lowest BCUT2D eigenvalue weighted by atomic mass is 9.76. The molecule has 3 atom stereocenters. The van der Waals surface area contributed by atoms with Crippen LogP contribution in [-0.4, -0.2) is 35.6 Å². The van der Waals surface area contributed by atoms with Gasteiger partial charge in [0.1, 0.15) is 35.6 Å². The van der Waals surface area contributed by atoms with E-state index in [1.54, 1.807) is 0 Å². The van der Waals surface area contributed by atoms with Gasteiger partial charge in [-0.1, -0.05) is 0 Å². The van der Waals surface area contributed by atoms with Crippen LogP contribution in [0, 0.1) is 17.6 Å². The highest BCUT2D eigenvalue weighted by Crippen LogP contribution is 2.53. The zero-order chi connectivity index (χ0) is 22.4. The molecule has 1 fully saturated rings. The number of pyridine rings is 1. The van der Waals surface area contributed by atoms with Gasteiger partial charge in [0.15, 0.2) is 0 Å². The Labute approximate surface area is 173 Å². The van der Waals surface area contributed by atoms with Gasteiger partial charge < -0.3 is 15.8 Å². The molecule has 4 rings (SSSR count). The van der Waals surface area contributed by atoms with E-state index in [0.29, 0.717) is 0 Å². The molecule has 11 heteroatoms. The molecule has 2 aliphatic rings. The van der Waals surface area contributed by atoms with Crippen LogP contribution in [0.5, 0.6) is 0 Å². The van der Waals surface area contributed by atoms with E-state index in [9.17, 15) is 26.7 Å². The van der Waals surface area contributed by atoms with E-state index in [4.69, 9.17) is 10.5 Å². The van der Waals surface area contributed by atoms with Crippen LogP contribution in [0.15, 0.2) is 41.5 Å². The number of anilines is 1. The first kappa shape index (κ1) is 21.0. The van der Waals surface area contributed by atoms with Gasteiger partial charge in [-0.2, -0.15) is 0 Å². The number of amidine groups is 1. The van der Waals surface area contributed by atoms with E-state index >= 15 is 0 Å². The molecule has 1 aliphatic heterocycles. The number of benzene rings is 1. The molecule has 0 spiro atoms. The van der Waals surface area contributed by atoms with Gasteiger partial charge >= 0.3 is 0 Å². The van der Waals surface area contributed by atoms with Crippen molar-refractivity contribution in [1.29, 1.82) is 0 Å². The summed E-state index contributed by atoms with van der Waals surface area (Å²) in [7, 11) is 0. The highest BCUT2D eigenvalue weighted by atomic mass is 19.3. The van der Waals surface area contributed by atoms with Gasteiger partial charge in [0, 0.05) is 30.0 Å². The second-order valence-electron chi connectivity index (χ2n) is 7.55. The number of aromatic nitrogens is 1. The Balaban J connectivity index is 1.72. The Morgan fingerprint density at radius 3 is 2.68 bits per heavy atom. The number of ether oxygens (including phenoxy) is 1. The van der Waals surface area contributed by atoms with Crippen molar-refractivity contribution in [2.45, 2.75) is 30.4 Å². The summed E-state index contributed by atoms with van der Waals surface area (Å²) in [6, 6.07) is 4.96. The fourth-order valence-corrected chi connectivity index (χ4v) is 4.14. The molecule has 0 radical (unpaired) electrons. The van der Waals surface area contributed by atoms with Gasteiger partial charge in [0.05, 0.1) is 6.20 Å². The number of rotatable bonds is 4. The largest absolute Gasteiger partial charge is 0.461 e. The maximum absolute atomic E-state index is 14.8. The molecule has 164 valence electrons. The van der Waals surface area contributed by atoms with Crippen molar-refractivity contribution in [1.82, 2.24) is 4.98 Å². The monoisotopic (exact) mass is 440 g/mol. The molecule has 0 saturated heterocycles. The SMILES string of the molecule is NC1=N[C@](CF)(c2cc(NC(=O)c3ccc(F)cn3)ccc2F)[C@H]2CC(F)(F)C[C@H]2O1. The summed E-state index contributed by atoms with van der Waals surface area (Å²) in [6.45, 7) is -1.30. The van der Waals surface area contributed by atoms with Crippen LogP contribution < -0.4 is 11.1 Å². The van der Waals surface area contributed by atoms with E-state index in [1.165, 1.54) is 6.07 Å². The summed E-state index contributed by atoms with van der Waals surface area (Å²) in [5.74, 6) is -6.58. The predicted molar refractivity (Wildman–Crippen MR) is 100 cm³/mol. The van der Waals surface area contributed by atoms with Crippen LogP contribution >= 0.6 is 0 Å². The van der Waals surface area contributed by atoms with Crippen LogP contribution in [0.25, 0.3) is 0 Å². The zero-order valence-corrected chi connectivity index (χ0v) is 15.9. The van der Waals surface area contributed by atoms with Crippen LogP contribution in [0.2, 0.25) is 0 Å². The number of nitrogens with zero attached hydrogens (tertiary/aromatic N) is 2. The van der Waals surface area contributed by atoms with Crippen LogP contribution in [0.4, 0.5) is 27.6 Å². The number of alkyl halides is 3. The molecular weight excluding hydrogens is 423 g/mol. The molecule has 31 heavy (non-hydrogen) atoms. The van der Waals surface area contributed by atoms with Gasteiger partial charge in [-0.15, -0.1) is 0 Å². The summed E-state index contributed by atoms with van der Waals surface area (Å²) < 4.78 is 75.5. The highest BCUT2D eigenvalue weighted by molar-refractivity contribution is 6.02. The molecule has 3 N–H and O–H groups in total. The van der Waals surface area contributed by atoms with Crippen LogP contribution in [0.3, 0.4) is 0 Å². The smallest absolute Gasteiger partial charge is 0.283 e. The molecule has 0 bridgehead atoms. The Hall–Kier alpha value is -3.24. The van der Waals surface area contributed by atoms with Crippen molar-refractivity contribution < 1.29 is 31.5 Å². The number of fused-ring (bicyclic) bond motifs is 1. The third kappa shape index (κ3) is 3.79. The Morgan fingerprint density at radius 2 is 2.00 bits per heavy atom. The number of halogens is 5. The van der Waals surface area contributed by atoms with Gasteiger partial charge in [-0.05, 0) is 30.3 Å². The maximum Gasteiger partial charge on any atom is 0.283 e. The Bertz CT molecular complexity index is 1050. The molecule has 2 aromatic rings. The van der Waals surface area contributed by atoms with E-state index in [0.717, 1.165) is 30.5 Å². The summed E-state index contributed by atoms with van der Waals surface area (Å²) in [6.07, 6.45) is -1.73. The summed E-state index contributed by atoms with van der Waals surface area (Å²) in [4.78, 5) is 19.9. The average Bonchev–Trinajstić information content (AvgIpc) is 3.03. The predicted octanol–water partition coefficient (Wildman–Crippen LogP) is 3.54. The van der Waals surface area contributed by atoms with Crippen molar-refractivity contribution in [3.63, 3.8) is 0 Å². The van der Waals surface area contributed by atoms with Crippen LogP contribution in [0.1, 0.15) is 28.9 Å². The second-order valence-corrected chi connectivity index (χ2v) is 7.55. The number of carbonyl (C=O) groups is 1. The fourth-order valence-electron chi connectivity index (χ4n) is 4.14. The van der Waals surface area contributed by atoms with Gasteiger partial charge in [0.25, 0.3) is 17.9 Å². The first-order chi connectivity index (χ1) is 14.6. The lowest BCUT2D eigenvalue weighted by Crippen LogP contribution is -2.48. The molecule has 6 nitrogen and oxygen atoms in total. The lowest BCUT2D eigenvalue weighted by molar-refractivity contribution is -0.00299. The van der Waals surface area contributed by atoms with E-state index in [1.807, 2.05) is 0 Å². The number of carbonyl (C=O) groups excluding carboxylic acids is 1. The quantitative estimate of drug-likeness (QED) is 0.712. The van der Waals surface area contributed by atoms with Gasteiger partial charge in [-0.25, -0.2) is 31.9 Å². The number of amides is 1. The standard InChI is InChI=1S/C20H17F5N4O2/c21-9-20(13-6-19(24,25)7-16(13)31-18(26)29-20)12-5-11(2-3-14(12)23)28-17(30)15-4-1-10(22)8-27-15/h1-5,8,13,16H,6-7,9H2,(H2,26,29)(H,28,30)/t13-,16+,20+/m0/s1. The van der Waals surface area contributed by atoms with Crippen LogP contribution in [-0.2, 0) is 10.3 Å². The third-order valence-electron chi connectivity index (χ3n) is 5.52. The molecule has 1 aliphatic carbocycles. The first-order valence-electron chi connectivity index (χ1n) is 9.32. The van der Waals surface area contributed by atoms with Gasteiger partial charge in [0.2, 0.25) is 0 Å². The maximum atomic E-state index is 14.8. The number of nitrogens with one attached hydrogen (secondary N) is 1. The van der Waals surface area contributed by atoms with Crippen molar-refractivity contribution in [3.05, 3.63) is 59.4 Å². The number of hydrogen-bond acceptors (Lipinski definition) is 5. The highest BCUT2D eigenvalue weighted by Gasteiger charge is 2.60. The molecule has 0 unspecified atom stereocenters. The average molecular weight is 440 g/mol. The molecular formula is C20H17F5N4O2. The summed E-state index contributed by atoms with van der Waals surface area (Å²) in [5.41, 5.74) is 3.17.